The first-order valence-corrected chi connectivity index (χ1v) is 23.4. The molecule has 2 amide bonds. The molecule has 19 atom stereocenters. The van der Waals surface area contributed by atoms with Crippen molar-refractivity contribution in [2.45, 2.75) is 136 Å². The Morgan fingerprint density at radius 3 is 1.96 bits per heavy atom. The van der Waals surface area contributed by atoms with Gasteiger partial charge in [-0.15, -0.1) is 16.4 Å². The van der Waals surface area contributed by atoms with Gasteiger partial charge in [-0.25, -0.2) is 9.67 Å². The average Bonchev–Trinajstić information content (AvgIpc) is 4.08. The van der Waals surface area contributed by atoms with E-state index in [4.69, 9.17) is 62.8 Å². The molecule has 4 aromatic rings. The van der Waals surface area contributed by atoms with E-state index in [0.717, 1.165) is 5.56 Å². The van der Waals surface area contributed by atoms with Crippen molar-refractivity contribution in [1.82, 2.24) is 20.0 Å². The summed E-state index contributed by atoms with van der Waals surface area (Å²) in [5.41, 5.74) is 40.1. The fourth-order valence-electron chi connectivity index (χ4n) is 8.81. The third kappa shape index (κ3) is 11.1. The van der Waals surface area contributed by atoms with Crippen LogP contribution in [0.5, 0.6) is 0 Å². The third-order valence-electron chi connectivity index (χ3n) is 12.7. The molecule has 0 bridgehead atoms. The van der Waals surface area contributed by atoms with Gasteiger partial charge in [0.2, 0.25) is 5.91 Å². The fraction of sp³-hybridized carbons (Fsp3) is 0.558. The zero-order valence-electron chi connectivity index (χ0n) is 37.7. The average molecular weight is 1000 g/mol. The van der Waals surface area contributed by atoms with Crippen LogP contribution in [-0.2, 0) is 39.8 Å². The third-order valence-corrected chi connectivity index (χ3v) is 13.5. The lowest BCUT2D eigenvalue weighted by atomic mass is 9.84. The smallest absolute Gasteiger partial charge is 0.255 e. The molecule has 0 spiro atoms. The predicted octanol–water partition coefficient (Wildman–Crippen LogP) is -4.59. The van der Waals surface area contributed by atoms with Crippen LogP contribution in [0.2, 0.25) is 0 Å². The van der Waals surface area contributed by atoms with E-state index in [-0.39, 0.29) is 37.9 Å². The molecular weight excluding hydrogens is 941 g/mol. The summed E-state index contributed by atoms with van der Waals surface area (Å²) in [4.78, 5) is 29.2. The van der Waals surface area contributed by atoms with E-state index in [2.05, 4.69) is 25.9 Å². The molecule has 3 saturated heterocycles. The van der Waals surface area contributed by atoms with Crippen LogP contribution in [0.25, 0.3) is 22.5 Å². The highest BCUT2D eigenvalue weighted by molar-refractivity contribution is 7.14. The van der Waals surface area contributed by atoms with Crippen molar-refractivity contribution in [3.8, 4) is 22.5 Å². The molecule has 4 unspecified atom stereocenters. The van der Waals surface area contributed by atoms with Gasteiger partial charge >= 0.3 is 0 Å². The lowest BCUT2D eigenvalue weighted by Crippen LogP contribution is -2.68. The van der Waals surface area contributed by atoms with Crippen LogP contribution in [-0.4, -0.2) is 192 Å². The molecule has 3 aliphatic heterocycles. The van der Waals surface area contributed by atoms with Gasteiger partial charge in [-0.1, -0.05) is 29.5 Å². The molecule has 4 aliphatic rings. The standard InChI is InChI=1S/C43H60N12O14S/c1-16(56)50-43-52-24(15-70-43)19-3-2-4-20(9-19)51-39(63)18-7-5-17(6-8-18)23-13-55(54-53-23)14-27-37(68-41-29(49)34(61)32(59)26(12-45)65-41)35(62)42(66-27)69-38-30(57)21(46)10-22(47)36(38)67-40-28(48)33(60)31(58)25(11-44)64-40/h2-9,13,15,21-22,25-38,40-42,57-62H,10-12,14,44-49H2,1H3,(H,51,63)(H,50,52,56)/t21-,22+,25-,26-,27?,28-,29-,30+,31-,32-,33-,34-,35?,36-,37?,38-,40-,41-,42?/m1/s1. The second kappa shape index (κ2) is 22.0. The summed E-state index contributed by atoms with van der Waals surface area (Å²) in [6.07, 6.45) is -19.0. The van der Waals surface area contributed by atoms with Crippen molar-refractivity contribution in [1.29, 1.82) is 0 Å². The molecule has 2 aromatic heterocycles. The molecule has 26 nitrogen and oxygen atoms in total. The number of benzene rings is 2. The zero-order valence-corrected chi connectivity index (χ0v) is 38.5. The predicted molar refractivity (Wildman–Crippen MR) is 247 cm³/mol. The lowest BCUT2D eigenvalue weighted by molar-refractivity contribution is -0.306. The highest BCUT2D eigenvalue weighted by Crippen LogP contribution is 2.35. The maximum atomic E-state index is 13.3. The van der Waals surface area contributed by atoms with E-state index in [1.165, 1.54) is 22.9 Å². The summed E-state index contributed by atoms with van der Waals surface area (Å²) in [6, 6.07) is 9.31. The van der Waals surface area contributed by atoms with E-state index in [1.54, 1.807) is 54.0 Å². The molecule has 27 heteroatoms. The van der Waals surface area contributed by atoms with E-state index in [9.17, 15) is 40.2 Å². The molecule has 20 N–H and O–H groups in total. The number of carbonyl (C=O) groups excluding carboxylic acids is 2. The zero-order chi connectivity index (χ0) is 50.1. The van der Waals surface area contributed by atoms with Crippen molar-refractivity contribution in [3.05, 3.63) is 65.7 Å². The molecule has 1 aliphatic carbocycles. The number of amides is 2. The number of anilines is 2. The Morgan fingerprint density at radius 2 is 1.33 bits per heavy atom. The molecule has 382 valence electrons. The Morgan fingerprint density at radius 1 is 0.714 bits per heavy atom. The van der Waals surface area contributed by atoms with Gasteiger partial charge in [-0.2, -0.15) is 0 Å². The number of ether oxygens (including phenoxy) is 6. The minimum Gasteiger partial charge on any atom is -0.389 e. The minimum absolute atomic E-state index is 0.0484. The van der Waals surface area contributed by atoms with Gasteiger partial charge in [-0.3, -0.25) is 9.59 Å². The summed E-state index contributed by atoms with van der Waals surface area (Å²) in [7, 11) is 0. The van der Waals surface area contributed by atoms with Crippen LogP contribution in [0.4, 0.5) is 10.8 Å². The van der Waals surface area contributed by atoms with Gasteiger partial charge in [0.25, 0.3) is 5.91 Å². The van der Waals surface area contributed by atoms with Gasteiger partial charge < -0.3 is 104 Å². The van der Waals surface area contributed by atoms with Crippen LogP contribution in [0.1, 0.15) is 23.7 Å². The van der Waals surface area contributed by atoms with Crippen LogP contribution < -0.4 is 45.0 Å². The highest BCUT2D eigenvalue weighted by atomic mass is 32.1. The number of thiazole rings is 1. The monoisotopic (exact) mass is 1000 g/mol. The molecular formula is C43H60N12O14S. The van der Waals surface area contributed by atoms with Crippen LogP contribution in [0.15, 0.2) is 60.1 Å². The number of carbonyl (C=O) groups is 2. The molecule has 2 aromatic carbocycles. The van der Waals surface area contributed by atoms with Gasteiger partial charge in [-0.05, 0) is 30.7 Å². The number of nitrogens with one attached hydrogen (secondary N) is 2. The van der Waals surface area contributed by atoms with Crippen LogP contribution >= 0.6 is 11.3 Å². The summed E-state index contributed by atoms with van der Waals surface area (Å²) in [5, 5.41) is 82.1. The maximum Gasteiger partial charge on any atom is 0.255 e. The fourth-order valence-corrected chi connectivity index (χ4v) is 9.58. The van der Waals surface area contributed by atoms with Gasteiger partial charge in [0.1, 0.15) is 72.8 Å². The number of nitrogens with zero attached hydrogens (tertiary/aromatic N) is 4. The number of aliphatic hydroxyl groups excluding tert-OH is 6. The van der Waals surface area contributed by atoms with Crippen LogP contribution in [0, 0.1) is 0 Å². The first-order valence-electron chi connectivity index (χ1n) is 22.5. The van der Waals surface area contributed by atoms with Crippen molar-refractivity contribution in [3.63, 3.8) is 0 Å². The Kier molecular flexibility index (Phi) is 16.3. The Bertz CT molecular complexity index is 2400. The van der Waals surface area contributed by atoms with Crippen molar-refractivity contribution < 1.29 is 68.6 Å². The number of aliphatic hydroxyl groups is 6. The lowest BCUT2D eigenvalue weighted by Gasteiger charge is -2.47. The van der Waals surface area contributed by atoms with Gasteiger partial charge in [0.15, 0.2) is 24.0 Å². The summed E-state index contributed by atoms with van der Waals surface area (Å²) < 4.78 is 38.0. The normalized spacial score (nSPS) is 36.7. The first kappa shape index (κ1) is 51.8. The SMILES string of the molecule is CC(=O)Nc1nc(-c2cccc(NC(=O)c3ccc(-c4cn(CC5OC(O[C@@H]6[C@@H](O)[C@H](N)C[C@H](N)[C@H]6O[C@H]6O[C@H](CN)[C@@H](O)[C@H](O)[C@H]6N)C(O)C5O[C@H]5O[C@H](CN)[C@@H](O)[C@H](O)[C@H]5N)nn4)cc3)c2)cs1. The number of hydrogen-bond donors (Lipinski definition) is 14. The van der Waals surface area contributed by atoms with Gasteiger partial charge in [0, 0.05) is 59.9 Å². The Labute approximate surface area is 404 Å². The molecule has 5 heterocycles. The molecule has 1 saturated carbocycles. The van der Waals surface area contributed by atoms with E-state index in [1.807, 2.05) is 6.07 Å². The van der Waals surface area contributed by atoms with Crippen molar-refractivity contribution >= 4 is 34.0 Å². The number of aromatic nitrogens is 4. The molecule has 4 fully saturated rings. The number of hydrogen-bond acceptors (Lipinski definition) is 24. The second-order valence-corrected chi connectivity index (χ2v) is 18.6. The van der Waals surface area contributed by atoms with Gasteiger partial charge in [0.05, 0.1) is 36.6 Å². The largest absolute Gasteiger partial charge is 0.389 e. The second-order valence-electron chi connectivity index (χ2n) is 17.7. The quantitative estimate of drug-likeness (QED) is 0.0533. The Balaban J connectivity index is 0.982. The minimum atomic E-state index is -1.67. The Hall–Kier alpha value is -4.57. The van der Waals surface area contributed by atoms with E-state index < -0.39 is 116 Å². The molecule has 8 rings (SSSR count). The topological polar surface area (TPSA) is 435 Å². The maximum absolute atomic E-state index is 13.3. The van der Waals surface area contributed by atoms with Crippen molar-refractivity contribution in [2.75, 3.05) is 23.7 Å². The summed E-state index contributed by atoms with van der Waals surface area (Å²) >= 11 is 1.28. The molecule has 70 heavy (non-hydrogen) atoms. The van der Waals surface area contributed by atoms with Crippen LogP contribution in [0.3, 0.4) is 0 Å². The number of nitrogens with two attached hydrogens (primary N) is 6. The van der Waals surface area contributed by atoms with E-state index >= 15 is 0 Å². The van der Waals surface area contributed by atoms with Crippen molar-refractivity contribution in [2.24, 2.45) is 34.4 Å². The molecule has 0 radical (unpaired) electrons. The summed E-state index contributed by atoms with van der Waals surface area (Å²) in [5.74, 6) is -0.608. The van der Waals surface area contributed by atoms with E-state index in [0.29, 0.717) is 33.3 Å². The number of rotatable bonds is 15. The summed E-state index contributed by atoms with van der Waals surface area (Å²) in [6.45, 7) is 0.860. The highest BCUT2D eigenvalue weighted by Gasteiger charge is 2.54. The first-order chi connectivity index (χ1) is 33.4.